The number of aliphatic hydroxyl groups is 1. The van der Waals surface area contributed by atoms with E-state index in [0.717, 1.165) is 11.6 Å². The molecule has 0 aliphatic heterocycles. The van der Waals surface area contributed by atoms with Gasteiger partial charge in [-0.05, 0) is 48.9 Å². The van der Waals surface area contributed by atoms with Crippen LogP contribution in [0.5, 0.6) is 0 Å². The van der Waals surface area contributed by atoms with Crippen molar-refractivity contribution >= 4 is 33.0 Å². The number of H-pyrrole nitrogens is 1. The van der Waals surface area contributed by atoms with E-state index in [0.29, 0.717) is 36.5 Å². The van der Waals surface area contributed by atoms with Crippen LogP contribution < -0.4 is 5.32 Å². The van der Waals surface area contributed by atoms with E-state index >= 15 is 0 Å². The third-order valence-corrected chi connectivity index (χ3v) is 10.9. The minimum atomic E-state index is -4.16. The molecule has 0 saturated heterocycles. The van der Waals surface area contributed by atoms with Crippen LogP contribution in [0.25, 0.3) is 11.3 Å². The number of sulfone groups is 1. The fourth-order valence-electron chi connectivity index (χ4n) is 6.22. The molecule has 4 atom stereocenters. The van der Waals surface area contributed by atoms with Gasteiger partial charge < -0.3 is 15.4 Å². The molecule has 1 heterocycles. The summed E-state index contributed by atoms with van der Waals surface area (Å²) in [6, 6.07) is 14.2. The van der Waals surface area contributed by atoms with Crippen molar-refractivity contribution in [3.05, 3.63) is 101 Å². The molecule has 12 heteroatoms. The third kappa shape index (κ3) is 4.61. The number of hydrogen-bond donors (Lipinski definition) is 3. The number of anilines is 1. The van der Waals surface area contributed by atoms with Gasteiger partial charge in [0.15, 0.2) is 27.3 Å². The van der Waals surface area contributed by atoms with Gasteiger partial charge in [0.2, 0.25) is 0 Å². The first-order chi connectivity index (χ1) is 19.5. The number of nitrogens with zero attached hydrogens (tertiary/aromatic N) is 1. The second kappa shape index (κ2) is 10.0. The second-order valence-corrected chi connectivity index (χ2v) is 12.9. The fourth-order valence-corrected chi connectivity index (χ4v) is 9.12. The largest absolute Gasteiger partial charge is 0.382 e. The summed E-state index contributed by atoms with van der Waals surface area (Å²) in [5, 5.41) is 12.9. The van der Waals surface area contributed by atoms with E-state index in [1.807, 2.05) is 30.3 Å². The average molecular weight is 602 g/mol. The van der Waals surface area contributed by atoms with E-state index in [1.165, 1.54) is 12.1 Å². The van der Waals surface area contributed by atoms with Crippen LogP contribution in [0.1, 0.15) is 35.4 Å². The van der Waals surface area contributed by atoms with Crippen LogP contribution in [-0.2, 0) is 15.4 Å². The lowest BCUT2D eigenvalue weighted by atomic mass is 9.83. The Balaban J connectivity index is 1.29. The summed E-state index contributed by atoms with van der Waals surface area (Å²) in [6.07, 6.45) is 2.83. The first kappa shape index (κ1) is 27.5. The number of benzene rings is 3. The van der Waals surface area contributed by atoms with E-state index < -0.39 is 50.0 Å². The third-order valence-electron chi connectivity index (χ3n) is 8.07. The van der Waals surface area contributed by atoms with Crippen LogP contribution in [0.3, 0.4) is 0 Å². The summed E-state index contributed by atoms with van der Waals surface area (Å²) < 4.78 is 68.5. The number of imidazole rings is 1. The van der Waals surface area contributed by atoms with Crippen molar-refractivity contribution in [2.45, 2.75) is 35.0 Å². The molecule has 1 amide bonds. The van der Waals surface area contributed by atoms with Gasteiger partial charge in [0.25, 0.3) is 5.91 Å². The van der Waals surface area contributed by atoms with Gasteiger partial charge in [0, 0.05) is 29.3 Å². The monoisotopic (exact) mass is 601 g/mol. The topological polar surface area (TPSA) is 112 Å². The molecule has 2 fully saturated rings. The number of fused-ring (bicyclic) bond motifs is 2. The molecule has 0 radical (unpaired) electrons. The first-order valence-electron chi connectivity index (χ1n) is 12.8. The number of aromatic amines is 1. The van der Waals surface area contributed by atoms with E-state index in [1.54, 1.807) is 6.20 Å². The molecule has 2 bridgehead atoms. The van der Waals surface area contributed by atoms with Crippen LogP contribution in [-0.4, -0.2) is 34.6 Å². The predicted octanol–water partition coefficient (Wildman–Crippen LogP) is 5.86. The fraction of sp³-hybridized carbons (Fsp3) is 0.241. The summed E-state index contributed by atoms with van der Waals surface area (Å²) in [4.78, 5) is 20.1. The number of halogens is 4. The van der Waals surface area contributed by atoms with Crippen molar-refractivity contribution in [2.24, 2.45) is 11.8 Å². The van der Waals surface area contributed by atoms with E-state index in [9.17, 15) is 31.5 Å². The molecule has 7 nitrogen and oxygen atoms in total. The highest BCUT2D eigenvalue weighted by molar-refractivity contribution is 7.92. The number of nitrogens with one attached hydrogen (secondary N) is 2. The van der Waals surface area contributed by atoms with Gasteiger partial charge in [-0.2, -0.15) is 0 Å². The van der Waals surface area contributed by atoms with Crippen LogP contribution in [0, 0.1) is 29.3 Å². The Bertz CT molecular complexity index is 1760. The number of carbonyl (C=O) groups excluding carboxylic acids is 1. The number of hydrogen-bond acceptors (Lipinski definition) is 5. The van der Waals surface area contributed by atoms with Crippen LogP contribution in [0.4, 0.5) is 18.9 Å². The number of aromatic nitrogens is 2. The normalized spacial score (nSPS) is 23.6. The van der Waals surface area contributed by atoms with Crippen molar-refractivity contribution in [1.82, 2.24) is 9.97 Å². The zero-order chi connectivity index (χ0) is 29.1. The van der Waals surface area contributed by atoms with Gasteiger partial charge in [-0.15, -0.1) is 0 Å². The minimum Gasteiger partial charge on any atom is -0.382 e. The SMILES string of the molecule is O=C(Nc1cc(F)c(F)c(F)c1)c1ccc(Cl)c(S(=O)(=O)[C@H]2C3CC[C@H]2C[C@]3(O)c2ncc(-c3ccccc3)[nH]2)c1. The zero-order valence-corrected chi connectivity index (χ0v) is 22.8. The molecule has 6 rings (SSSR count). The molecule has 2 saturated carbocycles. The zero-order valence-electron chi connectivity index (χ0n) is 21.2. The van der Waals surface area contributed by atoms with Crippen LogP contribution >= 0.6 is 11.6 Å². The van der Waals surface area contributed by atoms with Gasteiger partial charge in [-0.3, -0.25) is 4.79 Å². The number of carbonyl (C=O) groups is 1. The lowest BCUT2D eigenvalue weighted by Crippen LogP contribution is -2.37. The summed E-state index contributed by atoms with van der Waals surface area (Å²) in [6.45, 7) is 0. The molecular formula is C29H23ClF3N3O4S. The number of amides is 1. The quantitative estimate of drug-likeness (QED) is 0.240. The highest BCUT2D eigenvalue weighted by atomic mass is 35.5. The Hall–Kier alpha value is -3.67. The van der Waals surface area contributed by atoms with Gasteiger partial charge in [-0.25, -0.2) is 26.6 Å². The molecule has 3 N–H and O–H groups in total. The molecule has 0 spiro atoms. The maximum absolute atomic E-state index is 14.0. The molecule has 1 aromatic heterocycles. The molecule has 3 aromatic carbocycles. The average Bonchev–Trinajstić information content (AvgIpc) is 3.67. The summed E-state index contributed by atoms with van der Waals surface area (Å²) in [5.41, 5.74) is -0.435. The maximum Gasteiger partial charge on any atom is 0.255 e. The number of rotatable bonds is 6. The molecule has 4 aromatic rings. The molecule has 2 aliphatic carbocycles. The van der Waals surface area contributed by atoms with E-state index in [2.05, 4.69) is 15.3 Å². The lowest BCUT2D eigenvalue weighted by Gasteiger charge is -2.31. The second-order valence-electron chi connectivity index (χ2n) is 10.4. The molecule has 2 aliphatic rings. The predicted molar refractivity (Wildman–Crippen MR) is 145 cm³/mol. The molecular weight excluding hydrogens is 579 g/mol. The first-order valence-corrected chi connectivity index (χ1v) is 14.7. The molecule has 1 unspecified atom stereocenters. The van der Waals surface area contributed by atoms with E-state index in [4.69, 9.17) is 11.6 Å². The van der Waals surface area contributed by atoms with Crippen molar-refractivity contribution < 1.29 is 31.5 Å². The lowest BCUT2D eigenvalue weighted by molar-refractivity contribution is -0.0252. The van der Waals surface area contributed by atoms with Gasteiger partial charge in [0.05, 0.1) is 27.1 Å². The Kier molecular flexibility index (Phi) is 6.71. The molecule has 212 valence electrons. The Morgan fingerprint density at radius 1 is 1.05 bits per heavy atom. The van der Waals surface area contributed by atoms with Gasteiger partial charge in [0.1, 0.15) is 11.4 Å². The Morgan fingerprint density at radius 2 is 1.76 bits per heavy atom. The van der Waals surface area contributed by atoms with Crippen molar-refractivity contribution in [1.29, 1.82) is 0 Å². The smallest absolute Gasteiger partial charge is 0.255 e. The minimum absolute atomic E-state index is 0.111. The summed E-state index contributed by atoms with van der Waals surface area (Å²) in [7, 11) is -4.16. The Labute approximate surface area is 238 Å². The standard InChI is InChI=1S/C29H23ClF3N3O4S/c30-20-9-7-16(27(37)35-18-11-21(31)25(33)22(32)12-18)10-24(20)41(39,40)26-17-6-8-19(26)29(38,13-17)28-34-14-23(36-28)15-4-2-1-3-5-15/h1-5,7,9-12,14,17,19,26,38H,6,8,13H2,(H,34,36)(H,35,37)/t17-,19?,26+,29+/m0/s1. The maximum atomic E-state index is 14.0. The Morgan fingerprint density at radius 3 is 2.46 bits per heavy atom. The van der Waals surface area contributed by atoms with Gasteiger partial charge >= 0.3 is 0 Å². The summed E-state index contributed by atoms with van der Waals surface area (Å²) in [5.74, 6) is -6.29. The highest BCUT2D eigenvalue weighted by Crippen LogP contribution is 2.58. The van der Waals surface area contributed by atoms with E-state index in [-0.39, 0.29) is 33.5 Å². The molecule has 41 heavy (non-hydrogen) atoms. The van der Waals surface area contributed by atoms with Crippen molar-refractivity contribution in [3.63, 3.8) is 0 Å². The summed E-state index contributed by atoms with van der Waals surface area (Å²) >= 11 is 6.33. The van der Waals surface area contributed by atoms with Crippen LogP contribution in [0.15, 0.2) is 71.8 Å². The van der Waals surface area contributed by atoms with Crippen molar-refractivity contribution in [3.8, 4) is 11.3 Å². The van der Waals surface area contributed by atoms with Crippen molar-refractivity contribution in [2.75, 3.05) is 5.32 Å². The van der Waals surface area contributed by atoms with Crippen LogP contribution in [0.2, 0.25) is 5.02 Å². The highest BCUT2D eigenvalue weighted by Gasteiger charge is 2.63. The van der Waals surface area contributed by atoms with Gasteiger partial charge in [-0.1, -0.05) is 41.9 Å².